The highest BCUT2D eigenvalue weighted by atomic mass is 16.2. The van der Waals surface area contributed by atoms with E-state index in [1.54, 1.807) is 0 Å². The van der Waals surface area contributed by atoms with Gasteiger partial charge in [-0.3, -0.25) is 4.79 Å². The molecule has 104 valence electrons. The lowest BCUT2D eigenvalue weighted by Gasteiger charge is -2.33. The first-order valence-corrected chi connectivity index (χ1v) is 6.94. The lowest BCUT2D eigenvalue weighted by Crippen LogP contribution is -2.45. The highest BCUT2D eigenvalue weighted by molar-refractivity contribution is 5.78. The van der Waals surface area contributed by atoms with Crippen molar-refractivity contribution in [3.63, 3.8) is 0 Å². The number of carbonyl (C=O) groups excluding carboxylic acids is 1. The molecule has 4 nitrogen and oxygen atoms in total. The van der Waals surface area contributed by atoms with E-state index >= 15 is 0 Å². The van der Waals surface area contributed by atoms with Gasteiger partial charge in [0.1, 0.15) is 0 Å². The number of aryl methyl sites for hydroxylation is 1. The fourth-order valence-electron chi connectivity index (χ4n) is 2.51. The van der Waals surface area contributed by atoms with E-state index in [2.05, 4.69) is 41.8 Å². The van der Waals surface area contributed by atoms with Gasteiger partial charge < -0.3 is 15.5 Å². The molecule has 1 aliphatic heterocycles. The predicted molar refractivity (Wildman–Crippen MR) is 78.3 cm³/mol. The van der Waals surface area contributed by atoms with Gasteiger partial charge in [0.2, 0.25) is 5.91 Å². The summed E-state index contributed by atoms with van der Waals surface area (Å²) < 4.78 is 0. The van der Waals surface area contributed by atoms with Gasteiger partial charge in [-0.1, -0.05) is 12.1 Å². The number of nitrogens with zero attached hydrogens (tertiary/aromatic N) is 1. The van der Waals surface area contributed by atoms with Crippen LogP contribution >= 0.6 is 0 Å². The summed E-state index contributed by atoms with van der Waals surface area (Å²) in [6.45, 7) is 4.24. The molecule has 0 aromatic heterocycles. The summed E-state index contributed by atoms with van der Waals surface area (Å²) in [6, 6.07) is 8.91. The second-order valence-corrected chi connectivity index (χ2v) is 5.20. The van der Waals surface area contributed by atoms with Crippen LogP contribution in [0.5, 0.6) is 0 Å². The standard InChI is InChI=1S/C15H23N3O/c1-12-4-3-5-14(10-12)17-13-6-8-18(9-7-13)15(19)11-16-2/h3-5,10,13,16-17H,6-9,11H2,1-2H3. The molecule has 0 spiro atoms. The molecule has 1 fully saturated rings. The maximum Gasteiger partial charge on any atom is 0.236 e. The number of nitrogens with one attached hydrogen (secondary N) is 2. The first-order valence-electron chi connectivity index (χ1n) is 6.94. The average molecular weight is 261 g/mol. The minimum atomic E-state index is 0.205. The first-order chi connectivity index (χ1) is 9.19. The topological polar surface area (TPSA) is 44.4 Å². The van der Waals surface area contributed by atoms with Crippen molar-refractivity contribution in [3.8, 4) is 0 Å². The van der Waals surface area contributed by atoms with Gasteiger partial charge in [-0.2, -0.15) is 0 Å². The minimum Gasteiger partial charge on any atom is -0.382 e. The summed E-state index contributed by atoms with van der Waals surface area (Å²) in [5.74, 6) is 0.205. The second kappa shape index (κ2) is 6.57. The van der Waals surface area contributed by atoms with Crippen LogP contribution in [0.15, 0.2) is 24.3 Å². The number of carbonyl (C=O) groups is 1. The lowest BCUT2D eigenvalue weighted by molar-refractivity contribution is -0.131. The Morgan fingerprint density at radius 3 is 2.74 bits per heavy atom. The maximum atomic E-state index is 11.8. The summed E-state index contributed by atoms with van der Waals surface area (Å²) in [5, 5.41) is 6.47. The molecule has 1 aromatic carbocycles. The van der Waals surface area contributed by atoms with Gasteiger partial charge >= 0.3 is 0 Å². The molecule has 1 aliphatic rings. The molecular weight excluding hydrogens is 238 g/mol. The van der Waals surface area contributed by atoms with Crippen molar-refractivity contribution >= 4 is 11.6 Å². The van der Waals surface area contributed by atoms with Crippen LogP contribution in [0.4, 0.5) is 5.69 Å². The molecule has 2 rings (SSSR count). The van der Waals surface area contributed by atoms with Gasteiger partial charge in [-0.05, 0) is 44.5 Å². The van der Waals surface area contributed by atoms with Crippen LogP contribution in [0.2, 0.25) is 0 Å². The third kappa shape index (κ3) is 3.96. The summed E-state index contributed by atoms with van der Waals surface area (Å²) in [7, 11) is 1.81. The van der Waals surface area contributed by atoms with E-state index < -0.39 is 0 Å². The van der Waals surface area contributed by atoms with Crippen LogP contribution in [-0.4, -0.2) is 43.5 Å². The van der Waals surface area contributed by atoms with Gasteiger partial charge in [-0.25, -0.2) is 0 Å². The van der Waals surface area contributed by atoms with E-state index in [1.807, 2.05) is 11.9 Å². The molecule has 0 bridgehead atoms. The van der Waals surface area contributed by atoms with E-state index in [1.165, 1.54) is 11.3 Å². The number of piperidine rings is 1. The molecule has 1 amide bonds. The Balaban J connectivity index is 1.82. The summed E-state index contributed by atoms with van der Waals surface area (Å²) in [6.07, 6.45) is 2.03. The van der Waals surface area contributed by atoms with Crippen LogP contribution in [0.25, 0.3) is 0 Å². The number of anilines is 1. The maximum absolute atomic E-state index is 11.8. The zero-order chi connectivity index (χ0) is 13.7. The number of likely N-dealkylation sites (N-methyl/N-ethyl adjacent to an activating group) is 1. The normalized spacial score (nSPS) is 16.4. The number of likely N-dealkylation sites (tertiary alicyclic amines) is 1. The number of hydrogen-bond acceptors (Lipinski definition) is 3. The van der Waals surface area contributed by atoms with Crippen LogP contribution in [0, 0.1) is 6.92 Å². The SMILES string of the molecule is CNCC(=O)N1CCC(Nc2cccc(C)c2)CC1. The molecule has 2 N–H and O–H groups in total. The number of rotatable bonds is 4. The average Bonchev–Trinajstić information content (AvgIpc) is 2.40. The van der Waals surface area contributed by atoms with Crippen molar-refractivity contribution in [1.29, 1.82) is 0 Å². The quantitative estimate of drug-likeness (QED) is 0.865. The molecule has 0 atom stereocenters. The van der Waals surface area contributed by atoms with Gasteiger partial charge in [-0.15, -0.1) is 0 Å². The first kappa shape index (κ1) is 13.9. The molecule has 1 saturated heterocycles. The van der Waals surface area contributed by atoms with Gasteiger partial charge in [0.15, 0.2) is 0 Å². The Hall–Kier alpha value is -1.55. The fourth-order valence-corrected chi connectivity index (χ4v) is 2.51. The van der Waals surface area contributed by atoms with Crippen LogP contribution in [-0.2, 0) is 4.79 Å². The lowest BCUT2D eigenvalue weighted by atomic mass is 10.0. The van der Waals surface area contributed by atoms with Crippen LogP contribution in [0.3, 0.4) is 0 Å². The Kier molecular flexibility index (Phi) is 4.80. The third-order valence-corrected chi connectivity index (χ3v) is 3.56. The predicted octanol–water partition coefficient (Wildman–Crippen LogP) is 1.62. The van der Waals surface area contributed by atoms with E-state index in [-0.39, 0.29) is 5.91 Å². The minimum absolute atomic E-state index is 0.205. The zero-order valence-corrected chi connectivity index (χ0v) is 11.8. The summed E-state index contributed by atoms with van der Waals surface area (Å²) in [4.78, 5) is 13.7. The smallest absolute Gasteiger partial charge is 0.236 e. The Labute approximate surface area is 115 Å². The van der Waals surface area contributed by atoms with Crippen LogP contribution < -0.4 is 10.6 Å². The third-order valence-electron chi connectivity index (χ3n) is 3.56. The second-order valence-electron chi connectivity index (χ2n) is 5.20. The molecule has 0 unspecified atom stereocenters. The number of benzene rings is 1. The van der Waals surface area contributed by atoms with Crippen molar-refractivity contribution in [1.82, 2.24) is 10.2 Å². The van der Waals surface area contributed by atoms with Crippen molar-refractivity contribution in [2.75, 3.05) is 32.0 Å². The van der Waals surface area contributed by atoms with Crippen molar-refractivity contribution in [2.45, 2.75) is 25.8 Å². The Morgan fingerprint density at radius 2 is 2.11 bits per heavy atom. The highest BCUT2D eigenvalue weighted by Gasteiger charge is 2.21. The Bertz CT molecular complexity index is 425. The van der Waals surface area contributed by atoms with Gasteiger partial charge in [0.25, 0.3) is 0 Å². The molecular formula is C15H23N3O. The summed E-state index contributed by atoms with van der Waals surface area (Å²) in [5.41, 5.74) is 2.45. The van der Waals surface area contributed by atoms with E-state index in [9.17, 15) is 4.79 Å². The van der Waals surface area contributed by atoms with Crippen molar-refractivity contribution in [3.05, 3.63) is 29.8 Å². The molecule has 0 saturated carbocycles. The Morgan fingerprint density at radius 1 is 1.37 bits per heavy atom. The molecule has 1 heterocycles. The van der Waals surface area contributed by atoms with E-state index in [0.29, 0.717) is 12.6 Å². The van der Waals surface area contributed by atoms with E-state index in [0.717, 1.165) is 25.9 Å². The molecule has 1 aromatic rings. The summed E-state index contributed by atoms with van der Waals surface area (Å²) >= 11 is 0. The van der Waals surface area contributed by atoms with Crippen molar-refractivity contribution in [2.24, 2.45) is 0 Å². The highest BCUT2D eigenvalue weighted by Crippen LogP contribution is 2.17. The monoisotopic (exact) mass is 261 g/mol. The van der Waals surface area contributed by atoms with Crippen molar-refractivity contribution < 1.29 is 4.79 Å². The molecule has 0 aliphatic carbocycles. The fraction of sp³-hybridized carbons (Fsp3) is 0.533. The largest absolute Gasteiger partial charge is 0.382 e. The molecule has 0 radical (unpaired) electrons. The number of hydrogen-bond donors (Lipinski definition) is 2. The molecule has 19 heavy (non-hydrogen) atoms. The van der Waals surface area contributed by atoms with E-state index in [4.69, 9.17) is 0 Å². The zero-order valence-electron chi connectivity index (χ0n) is 11.8. The van der Waals surface area contributed by atoms with Gasteiger partial charge in [0, 0.05) is 24.8 Å². The number of amides is 1. The van der Waals surface area contributed by atoms with Gasteiger partial charge in [0.05, 0.1) is 6.54 Å². The molecule has 4 heteroatoms. The van der Waals surface area contributed by atoms with Crippen LogP contribution in [0.1, 0.15) is 18.4 Å².